The van der Waals surface area contributed by atoms with E-state index in [0.29, 0.717) is 6.04 Å². The number of carboxylic acids is 1. The first-order valence-electron chi connectivity index (χ1n) is 7.76. The number of hydrogen-bond acceptors (Lipinski definition) is 4. The van der Waals surface area contributed by atoms with Crippen LogP contribution in [0.15, 0.2) is 0 Å². The number of carbonyl (C=O) groups excluding carboxylic acids is 1. The summed E-state index contributed by atoms with van der Waals surface area (Å²) in [5.41, 5.74) is -0.403. The van der Waals surface area contributed by atoms with Gasteiger partial charge in [0.05, 0.1) is 25.0 Å². The highest BCUT2D eigenvalue weighted by molar-refractivity contribution is 5.91. The van der Waals surface area contributed by atoms with E-state index in [-0.39, 0.29) is 11.8 Å². The molecule has 21 heavy (non-hydrogen) atoms. The third-order valence-electron chi connectivity index (χ3n) is 5.40. The number of ether oxygens (including phenoxy) is 1. The molecule has 2 heterocycles. The molecule has 3 fully saturated rings. The molecule has 6 heteroatoms. The van der Waals surface area contributed by atoms with Gasteiger partial charge in [-0.3, -0.25) is 14.5 Å². The van der Waals surface area contributed by atoms with Crippen LogP contribution in [0, 0.1) is 17.3 Å². The molecule has 0 bridgehead atoms. The van der Waals surface area contributed by atoms with Crippen molar-refractivity contribution in [1.29, 1.82) is 0 Å². The van der Waals surface area contributed by atoms with E-state index in [9.17, 15) is 14.7 Å². The van der Waals surface area contributed by atoms with E-state index in [1.807, 2.05) is 18.7 Å². The molecule has 6 nitrogen and oxygen atoms in total. The van der Waals surface area contributed by atoms with Gasteiger partial charge in [-0.1, -0.05) is 13.8 Å². The van der Waals surface area contributed by atoms with Crippen molar-refractivity contribution in [3.05, 3.63) is 0 Å². The minimum atomic E-state index is -0.845. The van der Waals surface area contributed by atoms with Crippen LogP contribution in [0.5, 0.6) is 0 Å². The lowest BCUT2D eigenvalue weighted by atomic mass is 10.1. The van der Waals surface area contributed by atoms with Crippen molar-refractivity contribution in [3.8, 4) is 0 Å². The Labute approximate surface area is 125 Å². The second kappa shape index (κ2) is 5.25. The van der Waals surface area contributed by atoms with Crippen molar-refractivity contribution in [1.82, 2.24) is 9.80 Å². The van der Waals surface area contributed by atoms with E-state index in [0.717, 1.165) is 45.8 Å². The Morgan fingerprint density at radius 2 is 1.81 bits per heavy atom. The quantitative estimate of drug-likeness (QED) is 0.810. The molecule has 0 spiro atoms. The van der Waals surface area contributed by atoms with Crippen molar-refractivity contribution in [3.63, 3.8) is 0 Å². The Bertz CT molecular complexity index is 445. The topological polar surface area (TPSA) is 70.1 Å². The fourth-order valence-corrected chi connectivity index (χ4v) is 3.94. The van der Waals surface area contributed by atoms with E-state index in [1.54, 1.807) is 0 Å². The summed E-state index contributed by atoms with van der Waals surface area (Å²) in [5.74, 6) is -1.68. The summed E-state index contributed by atoms with van der Waals surface area (Å²) in [6.45, 7) is 8.63. The van der Waals surface area contributed by atoms with Gasteiger partial charge in [0, 0.05) is 32.2 Å². The zero-order valence-corrected chi connectivity index (χ0v) is 12.7. The molecule has 3 aliphatic rings. The van der Waals surface area contributed by atoms with E-state index in [1.165, 1.54) is 0 Å². The van der Waals surface area contributed by atoms with Gasteiger partial charge in [-0.2, -0.15) is 0 Å². The SMILES string of the molecule is CC1(C)C(C(=O)O)C1C(=O)N1CCC(N2CCOCC2)C1. The van der Waals surface area contributed by atoms with Crippen LogP contribution < -0.4 is 0 Å². The molecule has 2 saturated heterocycles. The highest BCUT2D eigenvalue weighted by Crippen LogP contribution is 2.59. The van der Waals surface area contributed by atoms with Crippen LogP contribution in [0.1, 0.15) is 20.3 Å². The molecule has 3 rings (SSSR count). The maximum atomic E-state index is 12.6. The smallest absolute Gasteiger partial charge is 0.307 e. The molecule has 118 valence electrons. The standard InChI is InChI=1S/C15H24N2O4/c1-15(2)11(12(15)14(19)20)13(18)17-4-3-10(9-17)16-5-7-21-8-6-16/h10-12H,3-9H2,1-2H3,(H,19,20). The first-order chi connectivity index (χ1) is 9.93. The first kappa shape index (κ1) is 14.8. The molecule has 1 saturated carbocycles. The molecule has 0 aromatic carbocycles. The monoisotopic (exact) mass is 296 g/mol. The van der Waals surface area contributed by atoms with Gasteiger partial charge < -0.3 is 14.7 Å². The number of hydrogen-bond donors (Lipinski definition) is 1. The van der Waals surface area contributed by atoms with Gasteiger partial charge in [-0.15, -0.1) is 0 Å². The highest BCUT2D eigenvalue weighted by atomic mass is 16.5. The van der Waals surface area contributed by atoms with Crippen LogP contribution in [0.4, 0.5) is 0 Å². The number of amides is 1. The van der Waals surface area contributed by atoms with Gasteiger partial charge in [0.15, 0.2) is 0 Å². The van der Waals surface area contributed by atoms with E-state index in [2.05, 4.69) is 4.90 Å². The third kappa shape index (κ3) is 2.55. The molecule has 1 amide bonds. The molecule has 1 aliphatic carbocycles. The second-order valence-electron chi connectivity index (χ2n) is 6.99. The van der Waals surface area contributed by atoms with E-state index < -0.39 is 17.3 Å². The fraction of sp³-hybridized carbons (Fsp3) is 0.867. The summed E-state index contributed by atoms with van der Waals surface area (Å²) in [7, 11) is 0. The van der Waals surface area contributed by atoms with Gasteiger partial charge in [0.2, 0.25) is 5.91 Å². The van der Waals surface area contributed by atoms with Crippen LogP contribution in [0.2, 0.25) is 0 Å². The van der Waals surface area contributed by atoms with Crippen molar-refractivity contribution in [2.75, 3.05) is 39.4 Å². The average Bonchev–Trinajstić information content (AvgIpc) is 2.84. The van der Waals surface area contributed by atoms with Crippen LogP contribution in [0.3, 0.4) is 0 Å². The van der Waals surface area contributed by atoms with Crippen molar-refractivity contribution >= 4 is 11.9 Å². The van der Waals surface area contributed by atoms with Crippen molar-refractivity contribution in [2.24, 2.45) is 17.3 Å². The summed E-state index contributed by atoms with van der Waals surface area (Å²) in [4.78, 5) is 28.1. The number of rotatable bonds is 3. The number of likely N-dealkylation sites (tertiary alicyclic amines) is 1. The Morgan fingerprint density at radius 3 is 2.38 bits per heavy atom. The molecule has 0 aromatic heterocycles. The number of aliphatic carboxylic acids is 1. The molecule has 0 radical (unpaired) electrons. The Balaban J connectivity index is 1.59. The molecular weight excluding hydrogens is 272 g/mol. The van der Waals surface area contributed by atoms with Crippen LogP contribution in [-0.2, 0) is 14.3 Å². The zero-order valence-electron chi connectivity index (χ0n) is 12.7. The van der Waals surface area contributed by atoms with Crippen molar-refractivity contribution < 1.29 is 19.4 Å². The third-order valence-corrected chi connectivity index (χ3v) is 5.40. The normalized spacial score (nSPS) is 35.7. The largest absolute Gasteiger partial charge is 0.481 e. The Kier molecular flexibility index (Phi) is 3.69. The molecule has 0 aromatic rings. The summed E-state index contributed by atoms with van der Waals surface area (Å²) >= 11 is 0. The van der Waals surface area contributed by atoms with Crippen LogP contribution in [0.25, 0.3) is 0 Å². The van der Waals surface area contributed by atoms with Gasteiger partial charge >= 0.3 is 5.97 Å². The number of nitrogens with zero attached hydrogens (tertiary/aromatic N) is 2. The predicted octanol–water partition coefficient (Wildman–Crippen LogP) is 0.276. The van der Waals surface area contributed by atoms with Crippen molar-refractivity contribution in [2.45, 2.75) is 26.3 Å². The summed E-state index contributed by atoms with van der Waals surface area (Å²) < 4.78 is 5.36. The lowest BCUT2D eigenvalue weighted by Gasteiger charge is -2.32. The van der Waals surface area contributed by atoms with Gasteiger partial charge in [-0.05, 0) is 11.8 Å². The van der Waals surface area contributed by atoms with Crippen LogP contribution in [-0.4, -0.2) is 72.2 Å². The maximum absolute atomic E-state index is 12.6. The molecule has 3 atom stereocenters. The summed E-state index contributed by atoms with van der Waals surface area (Å²) in [6, 6.07) is 0.406. The first-order valence-corrected chi connectivity index (χ1v) is 7.76. The van der Waals surface area contributed by atoms with E-state index in [4.69, 9.17) is 4.74 Å². The average molecular weight is 296 g/mol. The molecule has 1 N–H and O–H groups in total. The number of carbonyl (C=O) groups is 2. The highest BCUT2D eigenvalue weighted by Gasteiger charge is 2.66. The maximum Gasteiger partial charge on any atom is 0.307 e. The van der Waals surface area contributed by atoms with Gasteiger partial charge in [-0.25, -0.2) is 0 Å². The number of morpholine rings is 1. The number of carboxylic acid groups (broad SMARTS) is 1. The minimum absolute atomic E-state index is 0.0307. The minimum Gasteiger partial charge on any atom is -0.481 e. The predicted molar refractivity (Wildman–Crippen MR) is 75.8 cm³/mol. The zero-order chi connectivity index (χ0) is 15.2. The molecular formula is C15H24N2O4. The van der Waals surface area contributed by atoms with E-state index >= 15 is 0 Å². The lowest BCUT2D eigenvalue weighted by Crippen LogP contribution is -2.45. The van der Waals surface area contributed by atoms with Gasteiger partial charge in [0.1, 0.15) is 0 Å². The molecule has 2 aliphatic heterocycles. The summed E-state index contributed by atoms with van der Waals surface area (Å²) in [5, 5.41) is 9.21. The second-order valence-corrected chi connectivity index (χ2v) is 6.99. The Hall–Kier alpha value is -1.14. The summed E-state index contributed by atoms with van der Waals surface area (Å²) in [6.07, 6.45) is 0.983. The molecule has 3 unspecified atom stereocenters. The van der Waals surface area contributed by atoms with Crippen LogP contribution >= 0.6 is 0 Å². The lowest BCUT2D eigenvalue weighted by molar-refractivity contribution is -0.141. The Morgan fingerprint density at radius 1 is 1.14 bits per heavy atom. The fourth-order valence-electron chi connectivity index (χ4n) is 3.94. The van der Waals surface area contributed by atoms with Gasteiger partial charge in [0.25, 0.3) is 0 Å².